The van der Waals surface area contributed by atoms with Crippen molar-refractivity contribution in [1.29, 1.82) is 0 Å². The first-order chi connectivity index (χ1) is 12.7. The Morgan fingerprint density at radius 3 is 3.04 bits per heavy atom. The van der Waals surface area contributed by atoms with E-state index in [2.05, 4.69) is 15.0 Å². The number of carbonyl (C=O) groups is 1. The van der Waals surface area contributed by atoms with Gasteiger partial charge in [-0.15, -0.1) is 0 Å². The first kappa shape index (κ1) is 16.5. The number of aromatic carboxylic acids is 1. The quantitative estimate of drug-likeness (QED) is 0.728. The summed E-state index contributed by atoms with van der Waals surface area (Å²) < 4.78 is 10.5. The van der Waals surface area contributed by atoms with Crippen LogP contribution in [0.25, 0.3) is 11.7 Å². The van der Waals surface area contributed by atoms with Crippen LogP contribution in [0, 0.1) is 5.92 Å². The van der Waals surface area contributed by atoms with Gasteiger partial charge in [-0.25, -0.2) is 4.79 Å². The Hall–Kier alpha value is -2.93. The van der Waals surface area contributed by atoms with Crippen molar-refractivity contribution in [2.45, 2.75) is 19.4 Å². The third kappa shape index (κ3) is 3.67. The molecule has 0 saturated carbocycles. The lowest BCUT2D eigenvalue weighted by Gasteiger charge is -2.14. The molecule has 1 aliphatic heterocycles. The molecular weight excluding hydrogens is 334 g/mol. The summed E-state index contributed by atoms with van der Waals surface area (Å²) in [4.78, 5) is 17.8. The maximum atomic E-state index is 11.1. The molecular formula is C19H19N3O4. The zero-order valence-electron chi connectivity index (χ0n) is 14.2. The van der Waals surface area contributed by atoms with Crippen molar-refractivity contribution in [1.82, 2.24) is 15.0 Å². The summed E-state index contributed by atoms with van der Waals surface area (Å²) >= 11 is 0. The Labute approximate surface area is 150 Å². The van der Waals surface area contributed by atoms with Gasteiger partial charge in [0.25, 0.3) is 5.89 Å². The van der Waals surface area contributed by atoms with Gasteiger partial charge in [-0.3, -0.25) is 4.90 Å². The van der Waals surface area contributed by atoms with E-state index < -0.39 is 5.97 Å². The van der Waals surface area contributed by atoms with Crippen molar-refractivity contribution in [2.24, 2.45) is 5.92 Å². The van der Waals surface area contributed by atoms with Gasteiger partial charge in [0.2, 0.25) is 0 Å². The minimum absolute atomic E-state index is 0.342. The molecule has 26 heavy (non-hydrogen) atoms. The van der Waals surface area contributed by atoms with Gasteiger partial charge in [-0.05, 0) is 55.1 Å². The Morgan fingerprint density at radius 2 is 2.23 bits per heavy atom. The fourth-order valence-corrected chi connectivity index (χ4v) is 3.41. The van der Waals surface area contributed by atoms with E-state index in [0.29, 0.717) is 35.5 Å². The fourth-order valence-electron chi connectivity index (χ4n) is 3.41. The number of aromatic nitrogens is 2. The largest absolute Gasteiger partial charge is 0.478 e. The summed E-state index contributed by atoms with van der Waals surface area (Å²) in [5.41, 5.74) is 1.41. The molecule has 1 atom stereocenters. The van der Waals surface area contributed by atoms with Crippen LogP contribution in [0.3, 0.4) is 0 Å². The van der Waals surface area contributed by atoms with E-state index in [9.17, 15) is 4.79 Å². The lowest BCUT2D eigenvalue weighted by Crippen LogP contribution is -2.21. The maximum absolute atomic E-state index is 11.1. The summed E-state index contributed by atoms with van der Waals surface area (Å²) in [6.07, 6.45) is 3.52. The smallest absolute Gasteiger partial charge is 0.335 e. The molecule has 1 aromatic carbocycles. The molecule has 1 saturated heterocycles. The highest BCUT2D eigenvalue weighted by atomic mass is 16.5. The Bertz CT molecular complexity index is 888. The van der Waals surface area contributed by atoms with E-state index in [1.54, 1.807) is 36.6 Å². The fraction of sp³-hybridized carbons (Fsp3) is 0.316. The first-order valence-electron chi connectivity index (χ1n) is 8.58. The highest BCUT2D eigenvalue weighted by Gasteiger charge is 2.24. The molecule has 7 nitrogen and oxygen atoms in total. The van der Waals surface area contributed by atoms with Crippen LogP contribution in [0.1, 0.15) is 28.2 Å². The third-order valence-electron chi connectivity index (χ3n) is 4.63. The number of benzene rings is 1. The number of rotatable bonds is 6. The number of nitrogens with zero attached hydrogens (tertiary/aromatic N) is 3. The number of likely N-dealkylation sites (tertiary alicyclic amines) is 1. The average Bonchev–Trinajstić information content (AvgIpc) is 3.37. The molecule has 1 aliphatic rings. The highest BCUT2D eigenvalue weighted by molar-refractivity contribution is 5.87. The highest BCUT2D eigenvalue weighted by Crippen LogP contribution is 2.23. The average molecular weight is 353 g/mol. The van der Waals surface area contributed by atoms with Gasteiger partial charge in [-0.2, -0.15) is 4.98 Å². The minimum Gasteiger partial charge on any atom is -0.478 e. The molecule has 0 bridgehead atoms. The van der Waals surface area contributed by atoms with Crippen molar-refractivity contribution in [3.8, 4) is 11.7 Å². The van der Waals surface area contributed by atoms with Crippen molar-refractivity contribution < 1.29 is 18.8 Å². The van der Waals surface area contributed by atoms with Gasteiger partial charge in [0, 0.05) is 6.54 Å². The van der Waals surface area contributed by atoms with Crippen LogP contribution in [0.15, 0.2) is 51.6 Å². The van der Waals surface area contributed by atoms with Gasteiger partial charge < -0.3 is 14.0 Å². The van der Waals surface area contributed by atoms with Crippen LogP contribution in [0.4, 0.5) is 0 Å². The van der Waals surface area contributed by atoms with Gasteiger partial charge >= 0.3 is 5.97 Å². The summed E-state index contributed by atoms with van der Waals surface area (Å²) in [7, 11) is 0. The first-order valence-corrected chi connectivity index (χ1v) is 8.58. The van der Waals surface area contributed by atoms with E-state index in [0.717, 1.165) is 31.5 Å². The van der Waals surface area contributed by atoms with E-state index in [4.69, 9.17) is 14.0 Å². The second kappa shape index (κ2) is 7.13. The SMILES string of the molecule is O=C(O)c1cccc(CC2CCN(Cc3noc(-c4ccco4)n3)C2)c1. The molecule has 4 rings (SSSR count). The topological polar surface area (TPSA) is 92.6 Å². The number of furan rings is 1. The second-order valence-corrected chi connectivity index (χ2v) is 6.59. The van der Waals surface area contributed by atoms with Crippen molar-refractivity contribution >= 4 is 5.97 Å². The summed E-state index contributed by atoms with van der Waals surface area (Å²) in [6.45, 7) is 2.53. The number of hydrogen-bond acceptors (Lipinski definition) is 6. The molecule has 0 spiro atoms. The zero-order valence-corrected chi connectivity index (χ0v) is 14.2. The molecule has 7 heteroatoms. The van der Waals surface area contributed by atoms with E-state index in [1.165, 1.54) is 0 Å². The Morgan fingerprint density at radius 1 is 1.31 bits per heavy atom. The lowest BCUT2D eigenvalue weighted by atomic mass is 9.97. The van der Waals surface area contributed by atoms with Crippen molar-refractivity contribution in [3.63, 3.8) is 0 Å². The predicted octanol–water partition coefficient (Wildman–Crippen LogP) is 3.09. The summed E-state index contributed by atoms with van der Waals surface area (Å²) in [5, 5.41) is 13.1. The zero-order chi connectivity index (χ0) is 17.9. The van der Waals surface area contributed by atoms with Crippen LogP contribution in [-0.4, -0.2) is 39.2 Å². The Kier molecular flexibility index (Phi) is 4.53. The Balaban J connectivity index is 1.34. The normalized spacial score (nSPS) is 17.6. The third-order valence-corrected chi connectivity index (χ3v) is 4.63. The molecule has 1 N–H and O–H groups in total. The van der Waals surface area contributed by atoms with Crippen molar-refractivity contribution in [3.05, 3.63) is 59.6 Å². The molecule has 3 aromatic rings. The van der Waals surface area contributed by atoms with Gasteiger partial charge in [-0.1, -0.05) is 17.3 Å². The standard InChI is InChI=1S/C19H19N3O4/c23-19(24)15-4-1-3-13(10-15)9-14-6-7-22(11-14)12-17-20-18(26-21-17)16-5-2-8-25-16/h1-5,8,10,14H,6-7,9,11-12H2,(H,23,24). The van der Waals surface area contributed by atoms with Crippen LogP contribution >= 0.6 is 0 Å². The molecule has 0 aliphatic carbocycles. The number of hydrogen-bond donors (Lipinski definition) is 1. The van der Waals surface area contributed by atoms with E-state index in [-0.39, 0.29) is 0 Å². The van der Waals surface area contributed by atoms with Gasteiger partial charge in [0.1, 0.15) is 0 Å². The summed E-state index contributed by atoms with van der Waals surface area (Å²) in [6, 6.07) is 10.8. The minimum atomic E-state index is -0.885. The van der Waals surface area contributed by atoms with Gasteiger partial charge in [0.15, 0.2) is 11.6 Å². The predicted molar refractivity (Wildman–Crippen MR) is 92.5 cm³/mol. The molecule has 1 unspecified atom stereocenters. The van der Waals surface area contributed by atoms with E-state index in [1.807, 2.05) is 6.07 Å². The van der Waals surface area contributed by atoms with E-state index >= 15 is 0 Å². The maximum Gasteiger partial charge on any atom is 0.335 e. The number of carboxylic acids is 1. The second-order valence-electron chi connectivity index (χ2n) is 6.59. The molecule has 2 aromatic heterocycles. The monoisotopic (exact) mass is 353 g/mol. The molecule has 134 valence electrons. The van der Waals surface area contributed by atoms with Crippen LogP contribution in [0.2, 0.25) is 0 Å². The molecule has 1 fully saturated rings. The molecule has 0 radical (unpaired) electrons. The van der Waals surface area contributed by atoms with Crippen LogP contribution in [-0.2, 0) is 13.0 Å². The van der Waals surface area contributed by atoms with Crippen LogP contribution < -0.4 is 0 Å². The van der Waals surface area contributed by atoms with Crippen LogP contribution in [0.5, 0.6) is 0 Å². The molecule has 3 heterocycles. The number of carboxylic acid groups (broad SMARTS) is 1. The lowest BCUT2D eigenvalue weighted by molar-refractivity contribution is 0.0696. The molecule has 0 amide bonds. The van der Waals surface area contributed by atoms with Gasteiger partial charge in [0.05, 0.1) is 18.4 Å². The van der Waals surface area contributed by atoms with Crippen molar-refractivity contribution in [2.75, 3.05) is 13.1 Å². The summed E-state index contributed by atoms with van der Waals surface area (Å²) in [5.74, 6) is 1.22.